The number of Topliss-reactive ketones (excluding diaryl/α,β-unsaturated/α-hetero) is 1. The highest BCUT2D eigenvalue weighted by molar-refractivity contribution is 5.92. The number of allylic oxidation sites excluding steroid dienone is 1. The van der Waals surface area contributed by atoms with Gasteiger partial charge in [-0.15, -0.1) is 0 Å². The molecule has 7 atom stereocenters. The maximum absolute atomic E-state index is 13.1. The predicted molar refractivity (Wildman–Crippen MR) is 119 cm³/mol. The molecule has 0 aromatic heterocycles. The van der Waals surface area contributed by atoms with Crippen molar-refractivity contribution in [2.24, 2.45) is 28.6 Å². The van der Waals surface area contributed by atoms with Crippen LogP contribution in [0.3, 0.4) is 0 Å². The lowest BCUT2D eigenvalue weighted by Gasteiger charge is -2.60. The van der Waals surface area contributed by atoms with E-state index >= 15 is 0 Å². The summed E-state index contributed by atoms with van der Waals surface area (Å²) in [6.07, 6.45) is 4.30. The molecular weight excluding hydrogens is 444 g/mol. The molecule has 0 amide bonds. The zero-order valence-electron chi connectivity index (χ0n) is 19.8. The Bertz CT molecular complexity index is 910. The second-order valence-electron chi connectivity index (χ2n) is 11.0. The highest BCUT2D eigenvalue weighted by atomic mass is 16.5. The van der Waals surface area contributed by atoms with E-state index in [0.717, 1.165) is 24.8 Å². The Balaban J connectivity index is 0.00000324. The molecule has 9 nitrogen and oxygen atoms in total. The van der Waals surface area contributed by atoms with Crippen molar-refractivity contribution in [1.82, 2.24) is 0 Å². The zero-order chi connectivity index (χ0) is 24.2. The standard InChI is InChI=1S/C25H34O8.H2O/c1-23-9-7-15(26)11-14(23)3-4-16-17-8-10-25(32,24(17,2)12-18(27)22(16)23)19(28)13-33-21(31)6-5-20(29)30;/h11,16-18,22,27,32H,3-10,12-13H2,1-2H3,(H,29,30);1H2/t16?,17?,18?,22?,23-,24-,25-;/m0./s1. The van der Waals surface area contributed by atoms with Gasteiger partial charge in [0.05, 0.1) is 18.9 Å². The third-order valence-corrected chi connectivity index (χ3v) is 9.42. The molecule has 3 fully saturated rings. The Hall–Kier alpha value is -2.10. The van der Waals surface area contributed by atoms with Crippen LogP contribution >= 0.6 is 0 Å². The molecule has 34 heavy (non-hydrogen) atoms. The Kier molecular flexibility index (Phi) is 7.14. The normalized spacial score (nSPS) is 40.7. The average molecular weight is 481 g/mol. The maximum Gasteiger partial charge on any atom is 0.306 e. The largest absolute Gasteiger partial charge is 0.481 e. The van der Waals surface area contributed by atoms with Gasteiger partial charge in [0, 0.05) is 11.8 Å². The number of aliphatic hydroxyl groups is 2. The van der Waals surface area contributed by atoms with Gasteiger partial charge >= 0.3 is 11.9 Å². The second-order valence-corrected chi connectivity index (χ2v) is 11.0. The van der Waals surface area contributed by atoms with Gasteiger partial charge in [-0.3, -0.25) is 19.2 Å². The molecule has 190 valence electrons. The van der Waals surface area contributed by atoms with Gasteiger partial charge in [-0.2, -0.15) is 0 Å². The molecule has 4 aliphatic rings. The molecule has 0 aliphatic heterocycles. The summed E-state index contributed by atoms with van der Waals surface area (Å²) >= 11 is 0. The van der Waals surface area contributed by atoms with E-state index < -0.39 is 41.4 Å². The number of carbonyl (C=O) groups is 4. The van der Waals surface area contributed by atoms with E-state index in [4.69, 9.17) is 9.84 Å². The Morgan fingerprint density at radius 3 is 2.50 bits per heavy atom. The summed E-state index contributed by atoms with van der Waals surface area (Å²) in [7, 11) is 0. The number of carboxylic acids is 1. The summed E-state index contributed by atoms with van der Waals surface area (Å²) < 4.78 is 4.97. The van der Waals surface area contributed by atoms with Crippen molar-refractivity contribution in [2.45, 2.75) is 83.3 Å². The van der Waals surface area contributed by atoms with E-state index in [1.54, 1.807) is 6.08 Å². The molecule has 0 aromatic rings. The molecule has 9 heteroatoms. The number of ether oxygens (including phenoxy) is 1. The van der Waals surface area contributed by atoms with Crippen LogP contribution in [0, 0.1) is 28.6 Å². The number of esters is 1. The molecule has 0 spiro atoms. The smallest absolute Gasteiger partial charge is 0.306 e. The van der Waals surface area contributed by atoms with E-state index in [9.17, 15) is 29.4 Å². The van der Waals surface area contributed by atoms with Crippen LogP contribution in [0.5, 0.6) is 0 Å². The van der Waals surface area contributed by atoms with Crippen LogP contribution in [-0.2, 0) is 23.9 Å². The topological polar surface area (TPSA) is 170 Å². The molecule has 4 rings (SSSR count). The van der Waals surface area contributed by atoms with Crippen LogP contribution in [-0.4, -0.2) is 62.6 Å². The van der Waals surface area contributed by atoms with E-state index in [1.165, 1.54) is 0 Å². The van der Waals surface area contributed by atoms with Crippen LogP contribution in [0.2, 0.25) is 0 Å². The van der Waals surface area contributed by atoms with E-state index in [2.05, 4.69) is 6.92 Å². The van der Waals surface area contributed by atoms with Gasteiger partial charge in [-0.25, -0.2) is 0 Å². The lowest BCUT2D eigenvalue weighted by Crippen LogP contribution is -2.62. The minimum Gasteiger partial charge on any atom is -0.481 e. The van der Waals surface area contributed by atoms with Crippen molar-refractivity contribution >= 4 is 23.5 Å². The maximum atomic E-state index is 13.1. The number of hydrogen-bond donors (Lipinski definition) is 3. The van der Waals surface area contributed by atoms with Gasteiger partial charge in [0.15, 0.2) is 12.4 Å². The number of aliphatic carboxylic acids is 1. The molecular formula is C25H36O9. The van der Waals surface area contributed by atoms with Gasteiger partial charge < -0.3 is 25.5 Å². The Labute approximate surface area is 198 Å². The van der Waals surface area contributed by atoms with Crippen molar-refractivity contribution in [1.29, 1.82) is 0 Å². The summed E-state index contributed by atoms with van der Waals surface area (Å²) in [6.45, 7) is 3.41. The number of carbonyl (C=O) groups excluding carboxylic acids is 3. The average Bonchev–Trinajstić information content (AvgIpc) is 3.02. The van der Waals surface area contributed by atoms with Crippen LogP contribution in [0.1, 0.15) is 71.6 Å². The van der Waals surface area contributed by atoms with Gasteiger partial charge in [-0.1, -0.05) is 19.4 Å². The molecule has 0 saturated heterocycles. The van der Waals surface area contributed by atoms with Crippen LogP contribution in [0.4, 0.5) is 0 Å². The third kappa shape index (κ3) is 4.01. The minimum atomic E-state index is -1.71. The number of fused-ring (bicyclic) bond motifs is 5. The molecule has 4 aliphatic carbocycles. The van der Waals surface area contributed by atoms with Gasteiger partial charge in [-0.05, 0) is 67.8 Å². The fourth-order valence-electron chi connectivity index (χ4n) is 7.70. The molecule has 4 unspecified atom stereocenters. The first-order chi connectivity index (χ1) is 15.4. The first kappa shape index (κ1) is 26.5. The number of ketones is 2. The van der Waals surface area contributed by atoms with E-state index in [1.807, 2.05) is 6.92 Å². The molecule has 0 bridgehead atoms. The summed E-state index contributed by atoms with van der Waals surface area (Å²) in [5, 5.41) is 31.6. The minimum absolute atomic E-state index is 0. The van der Waals surface area contributed by atoms with Crippen LogP contribution < -0.4 is 0 Å². The van der Waals surface area contributed by atoms with Crippen molar-refractivity contribution in [3.63, 3.8) is 0 Å². The van der Waals surface area contributed by atoms with Crippen LogP contribution in [0.15, 0.2) is 11.6 Å². The summed E-state index contributed by atoms with van der Waals surface area (Å²) in [5.41, 5.74) is -1.68. The number of rotatable bonds is 6. The van der Waals surface area contributed by atoms with E-state index in [-0.39, 0.29) is 60.1 Å². The predicted octanol–water partition coefficient (Wildman–Crippen LogP) is 1.37. The third-order valence-electron chi connectivity index (χ3n) is 9.42. The van der Waals surface area contributed by atoms with Crippen molar-refractivity contribution in [3.8, 4) is 0 Å². The molecule has 0 heterocycles. The van der Waals surface area contributed by atoms with Crippen LogP contribution in [0.25, 0.3) is 0 Å². The first-order valence-electron chi connectivity index (χ1n) is 12.0. The second kappa shape index (κ2) is 9.17. The fraction of sp³-hybridized carbons (Fsp3) is 0.760. The first-order valence-corrected chi connectivity index (χ1v) is 12.0. The molecule has 0 aromatic carbocycles. The molecule has 0 radical (unpaired) electrons. The van der Waals surface area contributed by atoms with Gasteiger partial charge in [0.1, 0.15) is 5.60 Å². The van der Waals surface area contributed by atoms with Gasteiger partial charge in [0.2, 0.25) is 5.78 Å². The van der Waals surface area contributed by atoms with Gasteiger partial charge in [0.25, 0.3) is 0 Å². The van der Waals surface area contributed by atoms with E-state index in [0.29, 0.717) is 12.8 Å². The number of hydrogen-bond acceptors (Lipinski definition) is 7. The van der Waals surface area contributed by atoms with Crippen molar-refractivity contribution in [3.05, 3.63) is 11.6 Å². The SMILES string of the molecule is C[C@]12CCC(=O)C=C1CCC1C2C(O)C[C@@]2(C)C1CC[C@]2(O)C(=O)COC(=O)CCC(=O)O.O. The summed E-state index contributed by atoms with van der Waals surface area (Å²) in [6, 6.07) is 0. The lowest BCUT2D eigenvalue weighted by molar-refractivity contribution is -0.184. The fourth-order valence-corrected chi connectivity index (χ4v) is 7.70. The lowest BCUT2D eigenvalue weighted by atomic mass is 9.45. The summed E-state index contributed by atoms with van der Waals surface area (Å²) in [5.74, 6) is -2.20. The summed E-state index contributed by atoms with van der Waals surface area (Å²) in [4.78, 5) is 47.5. The van der Waals surface area contributed by atoms with Crippen molar-refractivity contribution in [2.75, 3.05) is 6.61 Å². The zero-order valence-corrected chi connectivity index (χ0v) is 19.8. The highest BCUT2D eigenvalue weighted by Gasteiger charge is 2.68. The van der Waals surface area contributed by atoms with Crippen molar-refractivity contribution < 1.29 is 44.7 Å². The molecule has 5 N–H and O–H groups in total. The Morgan fingerprint density at radius 2 is 1.82 bits per heavy atom. The highest BCUT2D eigenvalue weighted by Crippen LogP contribution is 2.67. The molecule has 3 saturated carbocycles. The number of carboxylic acid groups (broad SMARTS) is 1. The Morgan fingerprint density at radius 1 is 1.12 bits per heavy atom. The quantitative estimate of drug-likeness (QED) is 0.479. The number of aliphatic hydroxyl groups excluding tert-OH is 1. The monoisotopic (exact) mass is 480 g/mol.